The lowest BCUT2D eigenvalue weighted by molar-refractivity contribution is -0.146. The summed E-state index contributed by atoms with van der Waals surface area (Å²) in [5.74, 6) is -2.22. The minimum atomic E-state index is -0.980. The second-order valence-electron chi connectivity index (χ2n) is 4.91. The molecule has 0 radical (unpaired) electrons. The van der Waals surface area contributed by atoms with E-state index < -0.39 is 17.9 Å². The highest BCUT2D eigenvalue weighted by molar-refractivity contribution is 5.94. The van der Waals surface area contributed by atoms with Gasteiger partial charge < -0.3 is 14.7 Å². The first-order valence-electron chi connectivity index (χ1n) is 6.82. The SMILES string of the molecule is COC(=O)C1CCCN(C(=O)NC(=O)CCCC(=O)O)C1. The Morgan fingerprint density at radius 1 is 1.29 bits per heavy atom. The van der Waals surface area contributed by atoms with Crippen LogP contribution in [0, 0.1) is 5.92 Å². The summed E-state index contributed by atoms with van der Waals surface area (Å²) in [4.78, 5) is 46.6. The van der Waals surface area contributed by atoms with Crippen LogP contribution in [0.25, 0.3) is 0 Å². The third kappa shape index (κ3) is 5.80. The number of urea groups is 1. The van der Waals surface area contributed by atoms with Crippen molar-refractivity contribution in [2.45, 2.75) is 32.1 Å². The highest BCUT2D eigenvalue weighted by atomic mass is 16.5. The zero-order chi connectivity index (χ0) is 15.8. The summed E-state index contributed by atoms with van der Waals surface area (Å²) in [7, 11) is 1.30. The summed E-state index contributed by atoms with van der Waals surface area (Å²) in [6, 6.07) is -0.552. The number of esters is 1. The topological polar surface area (TPSA) is 113 Å². The number of nitrogens with one attached hydrogen (secondary N) is 1. The average Bonchev–Trinajstić information content (AvgIpc) is 2.46. The minimum Gasteiger partial charge on any atom is -0.481 e. The Bertz CT molecular complexity index is 423. The van der Waals surface area contributed by atoms with Crippen molar-refractivity contribution in [2.75, 3.05) is 20.2 Å². The van der Waals surface area contributed by atoms with Crippen LogP contribution in [-0.4, -0.2) is 54.1 Å². The molecule has 1 aliphatic heterocycles. The first kappa shape index (κ1) is 16.9. The van der Waals surface area contributed by atoms with Gasteiger partial charge in [-0.25, -0.2) is 4.79 Å². The lowest BCUT2D eigenvalue weighted by Gasteiger charge is -2.31. The Labute approximate surface area is 122 Å². The molecule has 118 valence electrons. The van der Waals surface area contributed by atoms with Gasteiger partial charge in [0.2, 0.25) is 5.91 Å². The van der Waals surface area contributed by atoms with E-state index in [1.54, 1.807) is 0 Å². The molecule has 21 heavy (non-hydrogen) atoms. The van der Waals surface area contributed by atoms with Gasteiger partial charge in [0.05, 0.1) is 13.0 Å². The summed E-state index contributed by atoms with van der Waals surface area (Å²) in [5, 5.41) is 10.7. The number of ether oxygens (including phenoxy) is 1. The van der Waals surface area contributed by atoms with E-state index in [1.165, 1.54) is 12.0 Å². The van der Waals surface area contributed by atoms with Crippen molar-refractivity contribution >= 4 is 23.9 Å². The third-order valence-corrected chi connectivity index (χ3v) is 3.28. The quantitative estimate of drug-likeness (QED) is 0.709. The Hall–Kier alpha value is -2.12. The fraction of sp³-hybridized carbons (Fsp3) is 0.692. The maximum atomic E-state index is 11.9. The van der Waals surface area contributed by atoms with E-state index in [2.05, 4.69) is 10.1 Å². The maximum absolute atomic E-state index is 11.9. The standard InChI is InChI=1S/C13H20N2O6/c1-21-12(19)9-4-3-7-15(8-9)13(20)14-10(16)5-2-6-11(17)18/h9H,2-8H2,1H3,(H,17,18)(H,14,16,20). The molecule has 1 fully saturated rings. The average molecular weight is 300 g/mol. The minimum absolute atomic E-state index is 0.0215. The van der Waals surface area contributed by atoms with Gasteiger partial charge >= 0.3 is 18.0 Å². The molecule has 0 aromatic carbocycles. The number of carboxylic acids is 1. The molecule has 1 heterocycles. The third-order valence-electron chi connectivity index (χ3n) is 3.28. The van der Waals surface area contributed by atoms with E-state index in [0.717, 1.165) is 0 Å². The summed E-state index contributed by atoms with van der Waals surface area (Å²) in [5.41, 5.74) is 0. The van der Waals surface area contributed by atoms with Crippen molar-refractivity contribution in [3.05, 3.63) is 0 Å². The Morgan fingerprint density at radius 3 is 2.62 bits per heavy atom. The number of carbonyl (C=O) groups excluding carboxylic acids is 3. The van der Waals surface area contributed by atoms with Crippen LogP contribution in [0.5, 0.6) is 0 Å². The molecule has 8 nitrogen and oxygen atoms in total. The van der Waals surface area contributed by atoms with Gasteiger partial charge in [-0.15, -0.1) is 0 Å². The van der Waals surface area contributed by atoms with Crippen LogP contribution in [0.1, 0.15) is 32.1 Å². The number of nitrogens with zero attached hydrogens (tertiary/aromatic N) is 1. The number of hydrogen-bond acceptors (Lipinski definition) is 5. The van der Waals surface area contributed by atoms with E-state index in [9.17, 15) is 19.2 Å². The number of rotatable bonds is 5. The molecule has 0 aromatic rings. The van der Waals surface area contributed by atoms with Crippen molar-refractivity contribution in [3.8, 4) is 0 Å². The van der Waals surface area contributed by atoms with Crippen LogP contribution < -0.4 is 5.32 Å². The first-order valence-corrected chi connectivity index (χ1v) is 6.82. The molecule has 1 rings (SSSR count). The number of piperidine rings is 1. The summed E-state index contributed by atoms with van der Waals surface area (Å²) < 4.78 is 4.65. The van der Waals surface area contributed by atoms with Gasteiger partial charge in [0, 0.05) is 25.9 Å². The number of aliphatic carboxylic acids is 1. The van der Waals surface area contributed by atoms with Gasteiger partial charge in [-0.1, -0.05) is 0 Å². The van der Waals surface area contributed by atoms with Gasteiger partial charge in [-0.3, -0.25) is 19.7 Å². The van der Waals surface area contributed by atoms with Gasteiger partial charge in [0.15, 0.2) is 0 Å². The predicted molar refractivity (Wildman–Crippen MR) is 71.3 cm³/mol. The van der Waals surface area contributed by atoms with Crippen molar-refractivity contribution in [1.29, 1.82) is 0 Å². The molecule has 2 N–H and O–H groups in total. The Balaban J connectivity index is 2.38. The smallest absolute Gasteiger partial charge is 0.324 e. The van der Waals surface area contributed by atoms with E-state index in [0.29, 0.717) is 19.4 Å². The van der Waals surface area contributed by atoms with E-state index in [-0.39, 0.29) is 37.7 Å². The molecule has 1 unspecified atom stereocenters. The van der Waals surface area contributed by atoms with Gasteiger partial charge in [-0.05, 0) is 19.3 Å². The molecule has 0 aliphatic carbocycles. The van der Waals surface area contributed by atoms with Crippen LogP contribution in [0.3, 0.4) is 0 Å². The summed E-state index contributed by atoms with van der Waals surface area (Å²) >= 11 is 0. The van der Waals surface area contributed by atoms with Gasteiger partial charge in [0.25, 0.3) is 0 Å². The fourth-order valence-electron chi connectivity index (χ4n) is 2.18. The van der Waals surface area contributed by atoms with Crippen molar-refractivity contribution in [1.82, 2.24) is 10.2 Å². The zero-order valence-electron chi connectivity index (χ0n) is 12.0. The summed E-state index contributed by atoms with van der Waals surface area (Å²) in [6.07, 6.45) is 1.37. The van der Waals surface area contributed by atoms with E-state index in [1.807, 2.05) is 0 Å². The van der Waals surface area contributed by atoms with Crippen molar-refractivity contribution in [2.24, 2.45) is 5.92 Å². The molecule has 0 bridgehead atoms. The number of likely N-dealkylation sites (tertiary alicyclic amines) is 1. The molecular weight excluding hydrogens is 280 g/mol. The number of carboxylic acid groups (broad SMARTS) is 1. The lowest BCUT2D eigenvalue weighted by atomic mass is 9.98. The second-order valence-corrected chi connectivity index (χ2v) is 4.91. The number of imide groups is 1. The molecule has 0 saturated carbocycles. The molecule has 3 amide bonds. The van der Waals surface area contributed by atoms with Gasteiger partial charge in [-0.2, -0.15) is 0 Å². The highest BCUT2D eigenvalue weighted by Gasteiger charge is 2.29. The predicted octanol–water partition coefficient (Wildman–Crippen LogP) is 0.362. The second kappa shape index (κ2) is 8.23. The molecule has 0 aromatic heterocycles. The molecule has 1 aliphatic rings. The molecule has 0 spiro atoms. The van der Waals surface area contributed by atoms with Crippen LogP contribution in [0.15, 0.2) is 0 Å². The zero-order valence-corrected chi connectivity index (χ0v) is 12.0. The Morgan fingerprint density at radius 2 is 2.00 bits per heavy atom. The maximum Gasteiger partial charge on any atom is 0.324 e. The summed E-state index contributed by atoms with van der Waals surface area (Å²) in [6.45, 7) is 0.697. The monoisotopic (exact) mass is 300 g/mol. The van der Waals surface area contributed by atoms with Crippen LogP contribution in [-0.2, 0) is 19.1 Å². The van der Waals surface area contributed by atoms with E-state index in [4.69, 9.17) is 5.11 Å². The largest absolute Gasteiger partial charge is 0.481 e. The van der Waals surface area contributed by atoms with Crippen LogP contribution in [0.2, 0.25) is 0 Å². The Kier molecular flexibility index (Phi) is 6.64. The molecular formula is C13H20N2O6. The number of hydrogen-bond donors (Lipinski definition) is 2. The number of methoxy groups -OCH3 is 1. The highest BCUT2D eigenvalue weighted by Crippen LogP contribution is 2.17. The van der Waals surface area contributed by atoms with Crippen LogP contribution in [0.4, 0.5) is 4.79 Å². The molecule has 1 atom stereocenters. The van der Waals surface area contributed by atoms with Gasteiger partial charge in [0.1, 0.15) is 0 Å². The van der Waals surface area contributed by atoms with Crippen molar-refractivity contribution in [3.63, 3.8) is 0 Å². The normalized spacial score (nSPS) is 18.0. The van der Waals surface area contributed by atoms with Crippen LogP contribution >= 0.6 is 0 Å². The fourth-order valence-corrected chi connectivity index (χ4v) is 2.18. The first-order chi connectivity index (χ1) is 9.93. The molecule has 8 heteroatoms. The number of amides is 3. The van der Waals surface area contributed by atoms with Crippen molar-refractivity contribution < 1.29 is 29.0 Å². The molecule has 1 saturated heterocycles. The van der Waals surface area contributed by atoms with E-state index >= 15 is 0 Å². The number of carbonyl (C=O) groups is 4. The lowest BCUT2D eigenvalue weighted by Crippen LogP contribution is -2.48.